The number of hydrogen-bond donors (Lipinski definition) is 0. The third kappa shape index (κ3) is 3.83. The predicted octanol–water partition coefficient (Wildman–Crippen LogP) is 10.00. The van der Waals surface area contributed by atoms with Crippen molar-refractivity contribution in [3.05, 3.63) is 173 Å². The van der Waals surface area contributed by atoms with E-state index in [1.54, 1.807) is 5.57 Å². The molecule has 2 aliphatic heterocycles. The number of pyridine rings is 2. The average molecular weight is 623 g/mol. The summed E-state index contributed by atoms with van der Waals surface area (Å²) < 4.78 is 0. The first kappa shape index (κ1) is 27.9. The smallest absolute Gasteiger partial charge is 0.0920 e. The summed E-state index contributed by atoms with van der Waals surface area (Å²) in [4.78, 5) is 14.4. The second-order valence-electron chi connectivity index (χ2n) is 14.3. The van der Waals surface area contributed by atoms with E-state index in [0.717, 1.165) is 42.8 Å². The Labute approximate surface area is 282 Å². The molecule has 2 aromatic heterocycles. The highest BCUT2D eigenvalue weighted by atomic mass is 15.2. The fourth-order valence-corrected chi connectivity index (χ4v) is 9.51. The maximum absolute atomic E-state index is 4.97. The van der Waals surface area contributed by atoms with Gasteiger partial charge in [0.25, 0.3) is 0 Å². The van der Waals surface area contributed by atoms with E-state index in [1.165, 1.54) is 50.5 Å². The molecule has 0 N–H and O–H groups in total. The van der Waals surface area contributed by atoms with Gasteiger partial charge in [0.05, 0.1) is 35.0 Å². The molecule has 48 heavy (non-hydrogen) atoms. The van der Waals surface area contributed by atoms with Crippen LogP contribution in [0.5, 0.6) is 0 Å². The van der Waals surface area contributed by atoms with E-state index in [9.17, 15) is 0 Å². The second kappa shape index (κ2) is 10.4. The molecule has 2 bridgehead atoms. The van der Waals surface area contributed by atoms with Crippen LogP contribution in [0.3, 0.4) is 0 Å². The van der Waals surface area contributed by atoms with Crippen LogP contribution in [0.25, 0.3) is 11.1 Å². The molecule has 0 radical (unpaired) electrons. The predicted molar refractivity (Wildman–Crippen MR) is 196 cm³/mol. The Balaban J connectivity index is 1.20. The van der Waals surface area contributed by atoms with Crippen molar-refractivity contribution in [1.82, 2.24) is 9.97 Å². The minimum absolute atomic E-state index is 0.173. The molecule has 234 valence electrons. The van der Waals surface area contributed by atoms with Gasteiger partial charge in [-0.15, -0.1) is 0 Å². The van der Waals surface area contributed by atoms with Crippen molar-refractivity contribution < 1.29 is 0 Å². The van der Waals surface area contributed by atoms with Gasteiger partial charge in [-0.3, -0.25) is 9.97 Å². The molecule has 4 atom stereocenters. The Morgan fingerprint density at radius 1 is 0.896 bits per heavy atom. The molecule has 0 saturated carbocycles. The highest BCUT2D eigenvalue weighted by Crippen LogP contribution is 2.60. The lowest BCUT2D eigenvalue weighted by Crippen LogP contribution is -2.38. The number of fused-ring (bicyclic) bond motifs is 10. The van der Waals surface area contributed by atoms with Gasteiger partial charge in [0.15, 0.2) is 0 Å². The number of nitrogens with zero attached hydrogens (tertiary/aromatic N) is 4. The lowest BCUT2D eigenvalue weighted by molar-refractivity contribution is 0.392. The zero-order valence-electron chi connectivity index (χ0n) is 27.5. The Morgan fingerprint density at radius 3 is 2.73 bits per heavy atom. The van der Waals surface area contributed by atoms with Gasteiger partial charge in [-0.1, -0.05) is 79.3 Å². The van der Waals surface area contributed by atoms with E-state index in [0.29, 0.717) is 11.8 Å². The van der Waals surface area contributed by atoms with Crippen molar-refractivity contribution in [2.75, 3.05) is 9.80 Å². The first-order chi connectivity index (χ1) is 23.6. The quantitative estimate of drug-likeness (QED) is 0.223. The van der Waals surface area contributed by atoms with Gasteiger partial charge in [0, 0.05) is 34.8 Å². The van der Waals surface area contributed by atoms with Gasteiger partial charge in [0.1, 0.15) is 0 Å². The number of anilines is 3. The Morgan fingerprint density at radius 2 is 1.81 bits per heavy atom. The zero-order valence-corrected chi connectivity index (χ0v) is 27.5. The van der Waals surface area contributed by atoms with Crippen LogP contribution in [0.2, 0.25) is 0 Å². The number of rotatable bonds is 2. The van der Waals surface area contributed by atoms with Crippen molar-refractivity contribution in [1.29, 1.82) is 0 Å². The molecule has 2 aromatic carbocycles. The molecule has 4 unspecified atom stereocenters. The molecule has 0 fully saturated rings. The number of hydrogen-bond acceptors (Lipinski definition) is 4. The highest BCUT2D eigenvalue weighted by Gasteiger charge is 2.50. The zero-order chi connectivity index (χ0) is 32.0. The van der Waals surface area contributed by atoms with Gasteiger partial charge in [-0.2, -0.15) is 0 Å². The van der Waals surface area contributed by atoms with Crippen LogP contribution in [0.4, 0.5) is 17.1 Å². The molecule has 4 heteroatoms. The molecular weight excluding hydrogens is 585 g/mol. The molecule has 4 heterocycles. The van der Waals surface area contributed by atoms with Crippen LogP contribution in [-0.2, 0) is 5.41 Å². The van der Waals surface area contributed by atoms with Crippen LogP contribution in [0.15, 0.2) is 145 Å². The molecule has 4 aromatic rings. The number of allylic oxidation sites excluding steroid dienone is 8. The largest absolute Gasteiger partial charge is 0.330 e. The van der Waals surface area contributed by atoms with Crippen LogP contribution >= 0.6 is 0 Å². The molecule has 4 aliphatic carbocycles. The number of aryl methyl sites for hydroxylation is 1. The van der Waals surface area contributed by atoms with E-state index >= 15 is 0 Å². The summed E-state index contributed by atoms with van der Waals surface area (Å²) >= 11 is 0. The van der Waals surface area contributed by atoms with Crippen LogP contribution in [0.1, 0.15) is 60.6 Å². The molecule has 1 spiro atoms. The average Bonchev–Trinajstić information content (AvgIpc) is 3.61. The maximum atomic E-state index is 4.97. The molecule has 0 saturated heterocycles. The van der Waals surface area contributed by atoms with Crippen molar-refractivity contribution >= 4 is 28.2 Å². The highest BCUT2D eigenvalue weighted by molar-refractivity contribution is 5.93. The van der Waals surface area contributed by atoms with E-state index in [-0.39, 0.29) is 11.5 Å². The monoisotopic (exact) mass is 622 g/mol. The molecule has 4 nitrogen and oxygen atoms in total. The summed E-state index contributed by atoms with van der Waals surface area (Å²) in [5.41, 5.74) is 16.8. The topological polar surface area (TPSA) is 32.3 Å². The summed E-state index contributed by atoms with van der Waals surface area (Å²) in [5, 5.41) is 0. The number of benzene rings is 2. The van der Waals surface area contributed by atoms with Crippen LogP contribution in [0, 0.1) is 18.8 Å². The van der Waals surface area contributed by atoms with Crippen LogP contribution < -0.4 is 9.80 Å². The summed E-state index contributed by atoms with van der Waals surface area (Å²) in [6.45, 7) is 4.66. The van der Waals surface area contributed by atoms with Gasteiger partial charge in [-0.25, -0.2) is 0 Å². The second-order valence-corrected chi connectivity index (χ2v) is 14.3. The Kier molecular flexibility index (Phi) is 6.03. The minimum atomic E-state index is -0.224. The van der Waals surface area contributed by atoms with Gasteiger partial charge < -0.3 is 9.80 Å². The standard InChI is InChI=1S/C44H38N4/c1-28-15-19-41-39(23-28)44(37-12-5-3-10-34(37)35-11-4-6-13-38(35)44)26-30-24-31(17-16-29(30)2)47(41)32-18-20-40-36(25-32)43-42(14-8-22-46-43)48(40)33-9-7-21-45-27-33/h3,5-10,12-19,21-25,27,29-30,40H,4,11,20,26H2,1-2H3. The van der Waals surface area contributed by atoms with Gasteiger partial charge in [0.2, 0.25) is 0 Å². The molecule has 10 rings (SSSR count). The first-order valence-electron chi connectivity index (χ1n) is 17.5. The van der Waals surface area contributed by atoms with Crippen molar-refractivity contribution in [3.8, 4) is 0 Å². The first-order valence-corrected chi connectivity index (χ1v) is 17.5. The van der Waals surface area contributed by atoms with Crippen molar-refractivity contribution in [2.45, 2.75) is 51.0 Å². The molecule has 0 amide bonds. The Hall–Kier alpha value is -5.22. The summed E-state index contributed by atoms with van der Waals surface area (Å²) in [5.74, 6) is 0.848. The fraction of sp³-hybridized carbons (Fsp3) is 0.227. The third-order valence-electron chi connectivity index (χ3n) is 11.7. The minimum Gasteiger partial charge on any atom is -0.330 e. The normalized spacial score (nSPS) is 26.1. The van der Waals surface area contributed by atoms with Crippen LogP contribution in [-0.4, -0.2) is 16.0 Å². The maximum Gasteiger partial charge on any atom is 0.0920 e. The van der Waals surface area contributed by atoms with Gasteiger partial charge >= 0.3 is 0 Å². The Bertz CT molecular complexity index is 2200. The SMILES string of the molecule is Cc1ccc2c(c1)C1(CC3C=C(C=CC3C)N2C2=CCC3C(=C2)c2ncccc2N3c2cccnc2)C2=C(CCC=C2)c2ccccc21. The fourth-order valence-electron chi connectivity index (χ4n) is 9.51. The summed E-state index contributed by atoms with van der Waals surface area (Å²) in [7, 11) is 0. The number of aromatic nitrogens is 2. The third-order valence-corrected chi connectivity index (χ3v) is 11.7. The van der Waals surface area contributed by atoms with Crippen molar-refractivity contribution in [3.63, 3.8) is 0 Å². The summed E-state index contributed by atoms with van der Waals surface area (Å²) in [6.07, 6.45) is 27.1. The lowest BCUT2D eigenvalue weighted by atomic mass is 9.62. The van der Waals surface area contributed by atoms with Gasteiger partial charge in [-0.05, 0) is 115 Å². The summed E-state index contributed by atoms with van der Waals surface area (Å²) in [6, 6.07) is 25.1. The molecule has 6 aliphatic rings. The van der Waals surface area contributed by atoms with E-state index in [2.05, 4.69) is 126 Å². The van der Waals surface area contributed by atoms with Crippen molar-refractivity contribution in [2.24, 2.45) is 11.8 Å². The van der Waals surface area contributed by atoms with E-state index < -0.39 is 0 Å². The van der Waals surface area contributed by atoms with E-state index in [4.69, 9.17) is 4.98 Å². The lowest BCUT2D eigenvalue weighted by Gasteiger charge is -2.45. The molecular formula is C44H38N4. The van der Waals surface area contributed by atoms with E-state index in [1.807, 2.05) is 30.7 Å².